The molecule has 0 saturated heterocycles. The summed E-state index contributed by atoms with van der Waals surface area (Å²) in [5.74, 6) is -0.459. The first-order chi connectivity index (χ1) is 8.67. The minimum Gasteiger partial charge on any atom is -0.468 e. The van der Waals surface area contributed by atoms with Gasteiger partial charge in [0.15, 0.2) is 0 Å². The van der Waals surface area contributed by atoms with Crippen LogP contribution in [0, 0.1) is 11.3 Å². The molecule has 1 atom stereocenters. The zero-order valence-electron chi connectivity index (χ0n) is 10.3. The number of H-pyrrole nitrogens is 1. The maximum atomic E-state index is 11.3. The van der Waals surface area contributed by atoms with E-state index in [1.54, 1.807) is 18.3 Å². The lowest BCUT2D eigenvalue weighted by Crippen LogP contribution is -2.33. The summed E-state index contributed by atoms with van der Waals surface area (Å²) in [6.07, 6.45) is 2.11. The molecule has 3 N–H and O–H groups in total. The zero-order valence-corrected chi connectivity index (χ0v) is 11.2. The van der Waals surface area contributed by atoms with E-state index < -0.39 is 12.0 Å². The molecule has 2 rings (SSSR count). The van der Waals surface area contributed by atoms with E-state index in [1.807, 2.05) is 6.07 Å². The SMILES string of the molecule is COC(=O)[C@@H](N)Cc1c[nH]c2cccc(C#N)c12.Cl. The summed E-state index contributed by atoms with van der Waals surface area (Å²) in [7, 11) is 1.30. The molecule has 0 saturated carbocycles. The third kappa shape index (κ3) is 2.87. The van der Waals surface area contributed by atoms with Gasteiger partial charge in [-0.2, -0.15) is 5.26 Å². The van der Waals surface area contributed by atoms with Crippen molar-refractivity contribution >= 4 is 29.3 Å². The van der Waals surface area contributed by atoms with E-state index in [1.165, 1.54) is 7.11 Å². The molecule has 0 spiro atoms. The Kier molecular flexibility index (Phi) is 4.93. The number of nitrogens with one attached hydrogen (secondary N) is 1. The van der Waals surface area contributed by atoms with Crippen LogP contribution in [0.15, 0.2) is 24.4 Å². The molecule has 0 amide bonds. The van der Waals surface area contributed by atoms with Crippen LogP contribution < -0.4 is 5.73 Å². The van der Waals surface area contributed by atoms with Crippen molar-refractivity contribution < 1.29 is 9.53 Å². The molecule has 0 aliphatic carbocycles. The minimum absolute atomic E-state index is 0. The Hall–Kier alpha value is -2.03. The number of ether oxygens (including phenoxy) is 1. The number of aromatic amines is 1. The minimum atomic E-state index is -0.722. The van der Waals surface area contributed by atoms with Crippen molar-refractivity contribution in [3.63, 3.8) is 0 Å². The van der Waals surface area contributed by atoms with Gasteiger partial charge in [-0.25, -0.2) is 0 Å². The largest absolute Gasteiger partial charge is 0.468 e. The maximum Gasteiger partial charge on any atom is 0.322 e. The van der Waals surface area contributed by atoms with E-state index in [9.17, 15) is 4.79 Å². The Morgan fingerprint density at radius 2 is 2.32 bits per heavy atom. The Morgan fingerprint density at radius 1 is 1.58 bits per heavy atom. The number of aromatic nitrogens is 1. The van der Waals surface area contributed by atoms with E-state index in [-0.39, 0.29) is 12.4 Å². The maximum absolute atomic E-state index is 11.3. The van der Waals surface area contributed by atoms with Crippen LogP contribution in [0.4, 0.5) is 0 Å². The normalized spacial score (nSPS) is 11.4. The molecule has 19 heavy (non-hydrogen) atoms. The number of rotatable bonds is 3. The van der Waals surface area contributed by atoms with E-state index in [2.05, 4.69) is 15.8 Å². The Morgan fingerprint density at radius 3 is 2.95 bits per heavy atom. The Balaban J connectivity index is 0.00000180. The van der Waals surface area contributed by atoms with Gasteiger partial charge in [-0.3, -0.25) is 4.79 Å². The molecule has 0 fully saturated rings. The van der Waals surface area contributed by atoms with Crippen molar-refractivity contribution in [2.45, 2.75) is 12.5 Å². The molecule has 0 unspecified atom stereocenters. The molecule has 0 aliphatic rings. The van der Waals surface area contributed by atoms with Crippen LogP contribution in [-0.2, 0) is 16.0 Å². The molecule has 100 valence electrons. The van der Waals surface area contributed by atoms with Gasteiger partial charge in [0.25, 0.3) is 0 Å². The summed E-state index contributed by atoms with van der Waals surface area (Å²) in [6.45, 7) is 0. The van der Waals surface area contributed by atoms with Crippen molar-refractivity contribution in [2.24, 2.45) is 5.73 Å². The zero-order chi connectivity index (χ0) is 13.1. The second-order valence-electron chi connectivity index (χ2n) is 3.99. The fraction of sp³-hybridized carbons (Fsp3) is 0.231. The number of methoxy groups -OCH3 is 1. The third-order valence-electron chi connectivity index (χ3n) is 2.85. The van der Waals surface area contributed by atoms with Crippen molar-refractivity contribution in [1.29, 1.82) is 5.26 Å². The number of nitrogens with two attached hydrogens (primary N) is 1. The summed E-state index contributed by atoms with van der Waals surface area (Å²) in [5.41, 5.74) is 8.01. The lowest BCUT2D eigenvalue weighted by Gasteiger charge is -2.08. The van der Waals surface area contributed by atoms with Gasteiger partial charge in [-0.15, -0.1) is 12.4 Å². The predicted octanol–water partition coefficient (Wildman–Crippen LogP) is 1.50. The first-order valence-corrected chi connectivity index (χ1v) is 5.50. The highest BCUT2D eigenvalue weighted by molar-refractivity contribution is 5.89. The molecular formula is C13H14ClN3O2. The monoisotopic (exact) mass is 279 g/mol. The van der Waals surface area contributed by atoms with Crippen LogP contribution in [0.2, 0.25) is 0 Å². The number of hydrogen-bond acceptors (Lipinski definition) is 4. The number of esters is 1. The lowest BCUT2D eigenvalue weighted by molar-refractivity contribution is -0.142. The standard InChI is InChI=1S/C13H13N3O2.ClH/c1-18-13(17)10(15)5-9-7-16-11-4-2-3-8(6-14)12(9)11;/h2-4,7,10,16H,5,15H2,1H3;1H/t10-;/m0./s1. The van der Waals surface area contributed by atoms with E-state index in [0.29, 0.717) is 12.0 Å². The third-order valence-corrected chi connectivity index (χ3v) is 2.85. The fourth-order valence-electron chi connectivity index (χ4n) is 1.98. The van der Waals surface area contributed by atoms with Gasteiger partial charge < -0.3 is 15.5 Å². The second-order valence-corrected chi connectivity index (χ2v) is 3.99. The topological polar surface area (TPSA) is 91.9 Å². The van der Waals surface area contributed by atoms with Crippen LogP contribution >= 0.6 is 12.4 Å². The van der Waals surface area contributed by atoms with E-state index in [0.717, 1.165) is 16.5 Å². The number of carbonyl (C=O) groups excluding carboxylic acids is 1. The van der Waals surface area contributed by atoms with Gasteiger partial charge in [0, 0.05) is 23.5 Å². The molecule has 1 aromatic carbocycles. The number of halogens is 1. The fourth-order valence-corrected chi connectivity index (χ4v) is 1.98. The number of benzene rings is 1. The first kappa shape index (κ1) is 15.0. The summed E-state index contributed by atoms with van der Waals surface area (Å²) >= 11 is 0. The summed E-state index contributed by atoms with van der Waals surface area (Å²) in [6, 6.07) is 6.84. The molecule has 0 aliphatic heterocycles. The predicted molar refractivity (Wildman–Crippen MR) is 74.0 cm³/mol. The van der Waals surface area contributed by atoms with Gasteiger partial charge in [-0.1, -0.05) is 6.07 Å². The van der Waals surface area contributed by atoms with Gasteiger partial charge >= 0.3 is 5.97 Å². The van der Waals surface area contributed by atoms with Crippen LogP contribution in [0.1, 0.15) is 11.1 Å². The molecule has 0 bridgehead atoms. The van der Waals surface area contributed by atoms with Crippen LogP contribution in [0.25, 0.3) is 10.9 Å². The van der Waals surface area contributed by atoms with Crippen LogP contribution in [0.5, 0.6) is 0 Å². The summed E-state index contributed by atoms with van der Waals surface area (Å²) in [4.78, 5) is 14.4. The quantitative estimate of drug-likeness (QED) is 0.833. The molecule has 0 radical (unpaired) electrons. The average molecular weight is 280 g/mol. The van der Waals surface area contributed by atoms with Gasteiger partial charge in [0.2, 0.25) is 0 Å². The highest BCUT2D eigenvalue weighted by Crippen LogP contribution is 2.23. The smallest absolute Gasteiger partial charge is 0.322 e. The van der Waals surface area contributed by atoms with Crippen molar-refractivity contribution in [1.82, 2.24) is 4.98 Å². The van der Waals surface area contributed by atoms with Crippen molar-refractivity contribution in [2.75, 3.05) is 7.11 Å². The number of hydrogen-bond donors (Lipinski definition) is 2. The molecule has 5 nitrogen and oxygen atoms in total. The lowest BCUT2D eigenvalue weighted by atomic mass is 10.0. The van der Waals surface area contributed by atoms with Crippen LogP contribution in [0.3, 0.4) is 0 Å². The van der Waals surface area contributed by atoms with Gasteiger partial charge in [-0.05, 0) is 17.7 Å². The molecule has 2 aromatic rings. The Bertz CT molecular complexity index is 630. The summed E-state index contributed by atoms with van der Waals surface area (Å²) < 4.78 is 4.59. The summed E-state index contributed by atoms with van der Waals surface area (Å²) in [5, 5.41) is 9.90. The van der Waals surface area contributed by atoms with Crippen LogP contribution in [-0.4, -0.2) is 24.1 Å². The molecular weight excluding hydrogens is 266 g/mol. The highest BCUT2D eigenvalue weighted by atomic mass is 35.5. The number of carbonyl (C=O) groups is 1. The van der Waals surface area contributed by atoms with E-state index in [4.69, 9.17) is 11.0 Å². The first-order valence-electron chi connectivity index (χ1n) is 5.50. The molecule has 6 heteroatoms. The molecule has 1 aromatic heterocycles. The second kappa shape index (κ2) is 6.23. The van der Waals surface area contributed by atoms with Gasteiger partial charge in [0.1, 0.15) is 6.04 Å². The number of nitrogens with zero attached hydrogens (tertiary/aromatic N) is 1. The van der Waals surface area contributed by atoms with E-state index >= 15 is 0 Å². The number of fused-ring (bicyclic) bond motifs is 1. The van der Waals surface area contributed by atoms with Crippen molar-refractivity contribution in [3.05, 3.63) is 35.5 Å². The average Bonchev–Trinajstić information content (AvgIpc) is 2.81. The van der Waals surface area contributed by atoms with Crippen molar-refractivity contribution in [3.8, 4) is 6.07 Å². The number of nitriles is 1. The van der Waals surface area contributed by atoms with Gasteiger partial charge in [0.05, 0.1) is 18.7 Å². The highest BCUT2D eigenvalue weighted by Gasteiger charge is 2.17. The molecule has 1 heterocycles. The Labute approximate surface area is 116 Å².